The molecule has 1 aromatic carbocycles. The van der Waals surface area contributed by atoms with Crippen molar-refractivity contribution in [3.05, 3.63) is 17.7 Å². The number of hydrogen-bond donors (Lipinski definition) is 2. The second kappa shape index (κ2) is 6.01. The summed E-state index contributed by atoms with van der Waals surface area (Å²) in [6.07, 6.45) is -4.63. The first kappa shape index (κ1) is 16.7. The zero-order valence-corrected chi connectivity index (χ0v) is 10.4. The van der Waals surface area contributed by atoms with Gasteiger partial charge in [0.15, 0.2) is 0 Å². The fourth-order valence-electron chi connectivity index (χ4n) is 1.40. The van der Waals surface area contributed by atoms with E-state index >= 15 is 0 Å². The van der Waals surface area contributed by atoms with Crippen LogP contribution >= 0.6 is 12.4 Å². The highest BCUT2D eigenvalue weighted by Gasteiger charge is 2.41. The van der Waals surface area contributed by atoms with E-state index in [1.54, 1.807) is 0 Å². The van der Waals surface area contributed by atoms with E-state index < -0.39 is 12.2 Å². The molecule has 8 heteroatoms. The summed E-state index contributed by atoms with van der Waals surface area (Å²) in [5.74, 6) is -0.616. The van der Waals surface area contributed by atoms with Crippen LogP contribution in [0.4, 0.5) is 13.2 Å². The van der Waals surface area contributed by atoms with Crippen LogP contribution < -0.4 is 15.2 Å². The molecule has 0 heterocycles. The van der Waals surface area contributed by atoms with Gasteiger partial charge in [-0.3, -0.25) is 0 Å². The highest BCUT2D eigenvalue weighted by atomic mass is 35.5. The monoisotopic (exact) mass is 287 g/mol. The maximum atomic E-state index is 12.6. The molecule has 0 fully saturated rings. The van der Waals surface area contributed by atoms with E-state index in [4.69, 9.17) is 15.2 Å². The van der Waals surface area contributed by atoms with Gasteiger partial charge in [-0.1, -0.05) is 0 Å². The molecule has 0 aliphatic carbocycles. The third-order valence-electron chi connectivity index (χ3n) is 2.19. The number of benzene rings is 1. The molecule has 4 nitrogen and oxygen atoms in total. The molecule has 1 atom stereocenters. The third-order valence-corrected chi connectivity index (χ3v) is 2.19. The maximum Gasteiger partial charge on any atom is 0.407 e. The van der Waals surface area contributed by atoms with Gasteiger partial charge in [0.25, 0.3) is 0 Å². The van der Waals surface area contributed by atoms with Crippen molar-refractivity contribution in [3.63, 3.8) is 0 Å². The summed E-state index contributed by atoms with van der Waals surface area (Å²) >= 11 is 0. The lowest BCUT2D eigenvalue weighted by molar-refractivity contribution is -0.149. The van der Waals surface area contributed by atoms with Crippen molar-refractivity contribution in [1.29, 1.82) is 0 Å². The minimum atomic E-state index is -4.63. The summed E-state index contributed by atoms with van der Waals surface area (Å²) in [5.41, 5.74) is 4.76. The van der Waals surface area contributed by atoms with Crippen LogP contribution in [-0.2, 0) is 0 Å². The Kier molecular flexibility index (Phi) is 5.56. The normalized spacial score (nSPS) is 12.6. The number of phenols is 1. The summed E-state index contributed by atoms with van der Waals surface area (Å²) in [6, 6.07) is -0.152. The molecule has 0 saturated carbocycles. The van der Waals surface area contributed by atoms with Gasteiger partial charge in [-0.25, -0.2) is 0 Å². The first-order valence-corrected chi connectivity index (χ1v) is 4.58. The third kappa shape index (κ3) is 3.33. The topological polar surface area (TPSA) is 64.7 Å². The molecule has 1 rings (SSSR count). The summed E-state index contributed by atoms with van der Waals surface area (Å²) < 4.78 is 47.2. The van der Waals surface area contributed by atoms with E-state index in [9.17, 15) is 18.3 Å². The number of hydrogen-bond acceptors (Lipinski definition) is 4. The Morgan fingerprint density at radius 1 is 1.17 bits per heavy atom. The van der Waals surface area contributed by atoms with Crippen molar-refractivity contribution in [3.8, 4) is 17.2 Å². The van der Waals surface area contributed by atoms with E-state index in [1.165, 1.54) is 14.2 Å². The largest absolute Gasteiger partial charge is 0.508 e. The summed E-state index contributed by atoms with van der Waals surface area (Å²) in [7, 11) is 2.36. The van der Waals surface area contributed by atoms with Gasteiger partial charge in [-0.05, 0) is 0 Å². The van der Waals surface area contributed by atoms with Crippen LogP contribution in [0.5, 0.6) is 17.2 Å². The number of alkyl halides is 3. The molecule has 0 unspecified atom stereocenters. The lowest BCUT2D eigenvalue weighted by atomic mass is 10.0. The van der Waals surface area contributed by atoms with Gasteiger partial charge in [0.2, 0.25) is 0 Å². The van der Waals surface area contributed by atoms with Crippen LogP contribution in [0, 0.1) is 0 Å². The number of nitrogens with two attached hydrogens (primary N) is 1. The van der Waals surface area contributed by atoms with Crippen molar-refractivity contribution in [1.82, 2.24) is 0 Å². The van der Waals surface area contributed by atoms with Gasteiger partial charge in [0.1, 0.15) is 23.3 Å². The van der Waals surface area contributed by atoms with Crippen LogP contribution in [0.2, 0.25) is 0 Å². The van der Waals surface area contributed by atoms with Gasteiger partial charge >= 0.3 is 6.18 Å². The SMILES string of the molecule is COc1cc(O)cc(OC)c1[C@H](N)C(F)(F)F.Cl. The Morgan fingerprint density at radius 2 is 1.56 bits per heavy atom. The fourth-order valence-corrected chi connectivity index (χ4v) is 1.40. The van der Waals surface area contributed by atoms with Crippen LogP contribution in [0.25, 0.3) is 0 Å². The molecule has 104 valence electrons. The number of aromatic hydroxyl groups is 1. The van der Waals surface area contributed by atoms with Crippen molar-refractivity contribution >= 4 is 12.4 Å². The molecule has 1 aromatic rings. The second-order valence-corrected chi connectivity index (χ2v) is 3.28. The lowest BCUT2D eigenvalue weighted by Gasteiger charge is -2.21. The zero-order valence-electron chi connectivity index (χ0n) is 9.62. The molecule has 0 saturated heterocycles. The molecular formula is C10H13ClF3NO3. The predicted molar refractivity (Wildman–Crippen MR) is 61.4 cm³/mol. The average molecular weight is 288 g/mol. The highest BCUT2D eigenvalue weighted by Crippen LogP contribution is 2.42. The molecule has 0 aromatic heterocycles. The molecule has 3 N–H and O–H groups in total. The number of halogens is 4. The molecule has 0 bridgehead atoms. The summed E-state index contributed by atoms with van der Waals surface area (Å²) in [4.78, 5) is 0. The molecule has 0 aliphatic rings. The first-order chi connectivity index (χ1) is 7.81. The van der Waals surface area contributed by atoms with E-state index in [0.29, 0.717) is 0 Å². The van der Waals surface area contributed by atoms with E-state index in [2.05, 4.69) is 0 Å². The Labute approximate surface area is 108 Å². The van der Waals surface area contributed by atoms with Crippen molar-refractivity contribution in [2.45, 2.75) is 12.2 Å². The summed E-state index contributed by atoms with van der Waals surface area (Å²) in [6.45, 7) is 0. The number of phenolic OH excluding ortho intramolecular Hbond substituents is 1. The number of methoxy groups -OCH3 is 2. The maximum absolute atomic E-state index is 12.6. The standard InChI is InChI=1S/C10H12F3NO3.ClH/c1-16-6-3-5(15)4-7(17-2)8(6)9(14)10(11,12)13;/h3-4,9,15H,14H2,1-2H3;1H/t9-;/m0./s1. The van der Waals surface area contributed by atoms with Gasteiger partial charge in [-0.2, -0.15) is 13.2 Å². The first-order valence-electron chi connectivity index (χ1n) is 4.58. The van der Waals surface area contributed by atoms with Crippen LogP contribution in [0.1, 0.15) is 11.6 Å². The quantitative estimate of drug-likeness (QED) is 0.896. The van der Waals surface area contributed by atoms with Crippen LogP contribution in [0.15, 0.2) is 12.1 Å². The van der Waals surface area contributed by atoms with Crippen molar-refractivity contribution in [2.24, 2.45) is 5.73 Å². The lowest BCUT2D eigenvalue weighted by Crippen LogP contribution is -2.29. The Bertz CT molecular complexity index is 387. The molecule has 18 heavy (non-hydrogen) atoms. The van der Waals surface area contributed by atoms with Crippen molar-refractivity contribution < 1.29 is 27.8 Å². The average Bonchev–Trinajstić information content (AvgIpc) is 2.25. The van der Waals surface area contributed by atoms with Gasteiger partial charge in [0.05, 0.1) is 19.8 Å². The smallest absolute Gasteiger partial charge is 0.407 e. The molecular weight excluding hydrogens is 275 g/mol. The number of ether oxygens (including phenoxy) is 2. The molecule has 0 aliphatic heterocycles. The predicted octanol–water partition coefficient (Wildman–Crippen LogP) is 2.39. The Balaban J connectivity index is 0.00000289. The molecule has 0 radical (unpaired) electrons. The fraction of sp³-hybridized carbons (Fsp3) is 0.400. The van der Waals surface area contributed by atoms with Crippen LogP contribution in [-0.4, -0.2) is 25.5 Å². The highest BCUT2D eigenvalue weighted by molar-refractivity contribution is 5.85. The summed E-state index contributed by atoms with van der Waals surface area (Å²) in [5, 5.41) is 9.28. The Hall–Kier alpha value is -1.34. The molecule has 0 amide bonds. The van der Waals surface area contributed by atoms with E-state index in [-0.39, 0.29) is 35.2 Å². The van der Waals surface area contributed by atoms with Gasteiger partial charge in [-0.15, -0.1) is 12.4 Å². The van der Waals surface area contributed by atoms with Gasteiger partial charge in [0, 0.05) is 12.1 Å². The van der Waals surface area contributed by atoms with Gasteiger partial charge < -0.3 is 20.3 Å². The molecule has 0 spiro atoms. The minimum absolute atomic E-state index is 0. The minimum Gasteiger partial charge on any atom is -0.508 e. The van der Waals surface area contributed by atoms with E-state index in [1.807, 2.05) is 0 Å². The van der Waals surface area contributed by atoms with E-state index in [0.717, 1.165) is 12.1 Å². The number of rotatable bonds is 3. The second-order valence-electron chi connectivity index (χ2n) is 3.28. The van der Waals surface area contributed by atoms with Crippen LogP contribution in [0.3, 0.4) is 0 Å². The van der Waals surface area contributed by atoms with Crippen molar-refractivity contribution in [2.75, 3.05) is 14.2 Å². The Morgan fingerprint density at radius 3 is 1.83 bits per heavy atom. The zero-order chi connectivity index (χ0) is 13.2.